The lowest BCUT2D eigenvalue weighted by molar-refractivity contribution is -0.385. The van der Waals surface area contributed by atoms with Gasteiger partial charge in [0.2, 0.25) is 5.28 Å². The number of fused-ring (bicyclic) bond motifs is 1. The molecular formula is C13H12ClN5O2. The highest BCUT2D eigenvalue weighted by atomic mass is 35.5. The van der Waals surface area contributed by atoms with E-state index in [-0.39, 0.29) is 21.9 Å². The molecule has 1 aliphatic carbocycles. The predicted octanol–water partition coefficient (Wildman–Crippen LogP) is 2.72. The summed E-state index contributed by atoms with van der Waals surface area (Å²) in [6, 6.07) is 5.02. The standard InChI is InChI=1S/C13H12ClN5O2/c14-13-16-6-9(15)12(18-13)17-10-5-4-8-7(10)2-1-3-11(8)19(20)21/h1-3,6,10H,4-5,15H2,(H,16,17,18)/t10-/m0/s1. The summed E-state index contributed by atoms with van der Waals surface area (Å²) >= 11 is 5.76. The van der Waals surface area contributed by atoms with Gasteiger partial charge in [0.1, 0.15) is 0 Å². The van der Waals surface area contributed by atoms with Gasteiger partial charge in [0.25, 0.3) is 5.69 Å². The maximum Gasteiger partial charge on any atom is 0.272 e. The van der Waals surface area contributed by atoms with Gasteiger partial charge in [-0.2, -0.15) is 4.98 Å². The molecule has 8 heteroatoms. The molecule has 1 aromatic heterocycles. The smallest absolute Gasteiger partial charge is 0.272 e. The molecule has 0 aliphatic heterocycles. The van der Waals surface area contributed by atoms with Gasteiger partial charge in [-0.1, -0.05) is 12.1 Å². The quantitative estimate of drug-likeness (QED) is 0.513. The summed E-state index contributed by atoms with van der Waals surface area (Å²) in [7, 11) is 0. The zero-order valence-electron chi connectivity index (χ0n) is 10.9. The van der Waals surface area contributed by atoms with Crippen LogP contribution in [0.4, 0.5) is 17.2 Å². The highest BCUT2D eigenvalue weighted by Gasteiger charge is 2.29. The van der Waals surface area contributed by atoms with Crippen molar-refractivity contribution in [1.82, 2.24) is 9.97 Å². The predicted molar refractivity (Wildman–Crippen MR) is 79.2 cm³/mol. The van der Waals surface area contributed by atoms with Crippen LogP contribution in [0.2, 0.25) is 5.28 Å². The average Bonchev–Trinajstić information content (AvgIpc) is 2.86. The van der Waals surface area contributed by atoms with E-state index in [2.05, 4.69) is 15.3 Å². The summed E-state index contributed by atoms with van der Waals surface area (Å²) < 4.78 is 0. The molecule has 3 N–H and O–H groups in total. The molecule has 108 valence electrons. The summed E-state index contributed by atoms with van der Waals surface area (Å²) in [5.74, 6) is 0.444. The van der Waals surface area contributed by atoms with Crippen LogP contribution >= 0.6 is 11.6 Å². The second kappa shape index (κ2) is 5.17. The first kappa shape index (κ1) is 13.6. The number of nitro benzene ring substituents is 1. The van der Waals surface area contributed by atoms with Crippen LogP contribution in [0.1, 0.15) is 23.6 Å². The number of halogens is 1. The lowest BCUT2D eigenvalue weighted by Gasteiger charge is -2.15. The molecular weight excluding hydrogens is 294 g/mol. The minimum absolute atomic E-state index is 0.0758. The molecule has 1 heterocycles. The molecule has 21 heavy (non-hydrogen) atoms. The monoisotopic (exact) mass is 305 g/mol. The number of nitrogen functional groups attached to an aromatic ring is 1. The average molecular weight is 306 g/mol. The molecule has 1 aliphatic rings. The van der Waals surface area contributed by atoms with Crippen molar-refractivity contribution in [3.8, 4) is 0 Å². The number of anilines is 2. The number of nitrogens with zero attached hydrogens (tertiary/aromatic N) is 3. The number of rotatable bonds is 3. The van der Waals surface area contributed by atoms with Crippen molar-refractivity contribution in [3.63, 3.8) is 0 Å². The van der Waals surface area contributed by atoms with E-state index in [1.54, 1.807) is 6.07 Å². The van der Waals surface area contributed by atoms with Gasteiger partial charge in [-0.3, -0.25) is 10.1 Å². The van der Waals surface area contributed by atoms with Crippen LogP contribution in [0.5, 0.6) is 0 Å². The third-order valence-electron chi connectivity index (χ3n) is 3.54. The van der Waals surface area contributed by atoms with E-state index in [1.807, 2.05) is 6.07 Å². The van der Waals surface area contributed by atoms with E-state index < -0.39 is 0 Å². The van der Waals surface area contributed by atoms with Gasteiger partial charge in [-0.25, -0.2) is 4.98 Å². The topological polar surface area (TPSA) is 107 Å². The van der Waals surface area contributed by atoms with Crippen molar-refractivity contribution in [2.45, 2.75) is 18.9 Å². The molecule has 0 radical (unpaired) electrons. The molecule has 0 saturated carbocycles. The van der Waals surface area contributed by atoms with Gasteiger partial charge in [-0.15, -0.1) is 0 Å². The lowest BCUT2D eigenvalue weighted by Crippen LogP contribution is -2.11. The number of aromatic nitrogens is 2. The number of benzene rings is 1. The Kier molecular flexibility index (Phi) is 3.34. The zero-order valence-corrected chi connectivity index (χ0v) is 11.7. The van der Waals surface area contributed by atoms with Gasteiger partial charge in [0, 0.05) is 11.6 Å². The number of nitrogens with two attached hydrogens (primary N) is 1. The van der Waals surface area contributed by atoms with E-state index >= 15 is 0 Å². The largest absolute Gasteiger partial charge is 0.394 e. The fraction of sp³-hybridized carbons (Fsp3) is 0.231. The van der Waals surface area contributed by atoms with E-state index in [0.717, 1.165) is 17.5 Å². The fourth-order valence-corrected chi connectivity index (χ4v) is 2.74. The van der Waals surface area contributed by atoms with Crippen molar-refractivity contribution in [3.05, 3.63) is 50.9 Å². The van der Waals surface area contributed by atoms with Crippen LogP contribution in [0.15, 0.2) is 24.4 Å². The molecule has 0 fully saturated rings. The van der Waals surface area contributed by atoms with Crippen molar-refractivity contribution in [1.29, 1.82) is 0 Å². The van der Waals surface area contributed by atoms with Crippen LogP contribution in [0.25, 0.3) is 0 Å². The Balaban J connectivity index is 1.93. The second-order valence-electron chi connectivity index (χ2n) is 4.78. The van der Waals surface area contributed by atoms with E-state index in [9.17, 15) is 10.1 Å². The van der Waals surface area contributed by atoms with Gasteiger partial charge in [0.15, 0.2) is 5.82 Å². The van der Waals surface area contributed by atoms with Crippen LogP contribution in [0.3, 0.4) is 0 Å². The summed E-state index contributed by atoms with van der Waals surface area (Å²) in [6.07, 6.45) is 2.81. The third-order valence-corrected chi connectivity index (χ3v) is 3.72. The van der Waals surface area contributed by atoms with E-state index in [0.29, 0.717) is 17.9 Å². The van der Waals surface area contributed by atoms with Gasteiger partial charge in [-0.05, 0) is 30.0 Å². The normalized spacial score (nSPS) is 16.5. The van der Waals surface area contributed by atoms with Crippen LogP contribution in [-0.2, 0) is 6.42 Å². The molecule has 0 bridgehead atoms. The molecule has 0 amide bonds. The highest BCUT2D eigenvalue weighted by Crippen LogP contribution is 2.38. The minimum atomic E-state index is -0.350. The molecule has 0 unspecified atom stereocenters. The Morgan fingerprint density at radius 1 is 1.48 bits per heavy atom. The van der Waals surface area contributed by atoms with Crippen molar-refractivity contribution >= 4 is 28.8 Å². The Bertz CT molecular complexity index is 722. The fourth-order valence-electron chi connectivity index (χ4n) is 2.61. The first-order valence-electron chi connectivity index (χ1n) is 6.37. The van der Waals surface area contributed by atoms with Crippen LogP contribution in [-0.4, -0.2) is 14.9 Å². The van der Waals surface area contributed by atoms with Gasteiger partial charge < -0.3 is 11.1 Å². The lowest BCUT2D eigenvalue weighted by atomic mass is 10.1. The molecule has 1 atom stereocenters. The molecule has 3 rings (SSSR count). The molecule has 0 spiro atoms. The Morgan fingerprint density at radius 2 is 2.29 bits per heavy atom. The maximum atomic E-state index is 11.1. The van der Waals surface area contributed by atoms with Gasteiger partial charge >= 0.3 is 0 Å². The highest BCUT2D eigenvalue weighted by molar-refractivity contribution is 6.28. The van der Waals surface area contributed by atoms with Crippen LogP contribution in [0, 0.1) is 10.1 Å². The summed E-state index contributed by atoms with van der Waals surface area (Å²) in [6.45, 7) is 0. The van der Waals surface area contributed by atoms with E-state index in [1.165, 1.54) is 12.3 Å². The summed E-state index contributed by atoms with van der Waals surface area (Å²) in [5.41, 5.74) is 8.02. The van der Waals surface area contributed by atoms with Crippen molar-refractivity contribution in [2.24, 2.45) is 0 Å². The van der Waals surface area contributed by atoms with Gasteiger partial charge in [0.05, 0.1) is 22.8 Å². The number of nitrogens with one attached hydrogen (secondary N) is 1. The SMILES string of the molecule is Nc1cnc(Cl)nc1N[C@H]1CCc2c1cccc2[N+](=O)[O-]. The first-order chi connectivity index (χ1) is 10.1. The van der Waals surface area contributed by atoms with Crippen LogP contribution < -0.4 is 11.1 Å². The van der Waals surface area contributed by atoms with E-state index in [4.69, 9.17) is 17.3 Å². The zero-order chi connectivity index (χ0) is 15.0. The number of hydrogen-bond donors (Lipinski definition) is 2. The Labute approximate surface area is 125 Å². The Morgan fingerprint density at radius 3 is 3.05 bits per heavy atom. The molecule has 2 aromatic rings. The third kappa shape index (κ3) is 2.47. The molecule has 1 aromatic carbocycles. The summed E-state index contributed by atoms with van der Waals surface area (Å²) in [5, 5.41) is 14.3. The minimum Gasteiger partial charge on any atom is -0.394 e. The van der Waals surface area contributed by atoms with Crippen molar-refractivity contribution < 1.29 is 4.92 Å². The Hall–Kier alpha value is -2.41. The second-order valence-corrected chi connectivity index (χ2v) is 5.12. The maximum absolute atomic E-state index is 11.1. The number of nitro groups is 1. The summed E-state index contributed by atoms with van der Waals surface area (Å²) in [4.78, 5) is 18.5. The molecule has 7 nitrogen and oxygen atoms in total. The number of hydrogen-bond acceptors (Lipinski definition) is 6. The van der Waals surface area contributed by atoms with Crippen molar-refractivity contribution in [2.75, 3.05) is 11.1 Å². The molecule has 0 saturated heterocycles. The first-order valence-corrected chi connectivity index (χ1v) is 6.75.